The van der Waals surface area contributed by atoms with Gasteiger partial charge in [0.05, 0.1) is 8.07 Å². The van der Waals surface area contributed by atoms with Gasteiger partial charge in [0.2, 0.25) is 0 Å². The van der Waals surface area contributed by atoms with Gasteiger partial charge in [-0.05, 0) is 12.1 Å². The van der Waals surface area contributed by atoms with Gasteiger partial charge in [-0.3, -0.25) is 0 Å². The first-order valence-corrected chi connectivity index (χ1v) is 7.31. The van der Waals surface area contributed by atoms with Crippen LogP contribution in [0, 0.1) is 0 Å². The van der Waals surface area contributed by atoms with E-state index in [9.17, 15) is 0 Å². The molecule has 0 aliphatic heterocycles. The molecule has 0 fully saturated rings. The van der Waals surface area contributed by atoms with Crippen LogP contribution < -0.4 is 5.73 Å². The third-order valence-corrected chi connectivity index (χ3v) is 4.23. The molecule has 56 valence electrons. The van der Waals surface area contributed by atoms with Crippen molar-refractivity contribution in [2.24, 2.45) is 5.73 Å². The predicted octanol–water partition coefficient (Wildman–Crippen LogP) is 1.99. The van der Waals surface area contributed by atoms with Crippen molar-refractivity contribution in [2.45, 2.75) is 45.1 Å². The van der Waals surface area contributed by atoms with Crippen molar-refractivity contribution in [3.05, 3.63) is 0 Å². The van der Waals surface area contributed by atoms with Gasteiger partial charge in [-0.25, -0.2) is 0 Å². The molecular formula is C7H19NSi. The molecule has 1 nitrogen and oxygen atoms in total. The quantitative estimate of drug-likeness (QED) is 0.604. The van der Waals surface area contributed by atoms with Gasteiger partial charge in [0.15, 0.2) is 0 Å². The maximum Gasteiger partial charge on any atom is 0.0632 e. The molecule has 1 unspecified atom stereocenters. The lowest BCUT2D eigenvalue weighted by Gasteiger charge is -2.24. The summed E-state index contributed by atoms with van der Waals surface area (Å²) in [5.41, 5.74) is 6.43. The Morgan fingerprint density at radius 2 is 1.78 bits per heavy atom. The molecule has 0 bridgehead atoms. The first kappa shape index (κ1) is 9.18. The molecule has 0 aliphatic carbocycles. The summed E-state index contributed by atoms with van der Waals surface area (Å²) in [6.07, 6.45) is 2.43. The molecule has 0 rings (SSSR count). The molecule has 2 N–H and O–H groups in total. The predicted molar refractivity (Wildman–Crippen MR) is 46.2 cm³/mol. The third-order valence-electron chi connectivity index (χ3n) is 1.71. The van der Waals surface area contributed by atoms with E-state index in [1.165, 1.54) is 12.8 Å². The van der Waals surface area contributed by atoms with E-state index in [2.05, 4.69) is 26.6 Å². The Morgan fingerprint density at radius 3 is 1.89 bits per heavy atom. The fraction of sp³-hybridized carbons (Fsp3) is 1.00. The Bertz CT molecular complexity index is 75.5. The molecule has 0 aromatic carbocycles. The fourth-order valence-electron chi connectivity index (χ4n) is 0.744. The second kappa shape index (κ2) is 3.37. The molecular weight excluding hydrogens is 126 g/mol. The highest BCUT2D eigenvalue weighted by molar-refractivity contribution is 6.77. The molecule has 0 spiro atoms. The molecule has 2 heteroatoms. The van der Waals surface area contributed by atoms with Crippen LogP contribution in [0.3, 0.4) is 0 Å². The molecule has 0 saturated heterocycles. The first-order valence-electron chi connectivity index (χ1n) is 3.74. The van der Waals surface area contributed by atoms with E-state index >= 15 is 0 Å². The minimum absolute atomic E-state index is 0.502. The largest absolute Gasteiger partial charge is 0.330 e. The van der Waals surface area contributed by atoms with Crippen molar-refractivity contribution < 1.29 is 0 Å². The van der Waals surface area contributed by atoms with Gasteiger partial charge < -0.3 is 5.73 Å². The molecule has 0 amide bonds. The first-order chi connectivity index (χ1) is 3.98. The Kier molecular flexibility index (Phi) is 3.44. The summed E-state index contributed by atoms with van der Waals surface area (Å²) >= 11 is 0. The highest BCUT2D eigenvalue weighted by atomic mass is 28.3. The van der Waals surface area contributed by atoms with E-state index in [1.807, 2.05) is 0 Å². The van der Waals surface area contributed by atoms with E-state index in [0.717, 1.165) is 0 Å². The Hall–Kier alpha value is 0.177. The Labute approximate surface area is 59.6 Å². The van der Waals surface area contributed by atoms with E-state index in [1.54, 1.807) is 0 Å². The van der Waals surface area contributed by atoms with Gasteiger partial charge in [0.25, 0.3) is 0 Å². The summed E-state index contributed by atoms with van der Waals surface area (Å²) in [6, 6.07) is 0. The highest BCUT2D eigenvalue weighted by Crippen LogP contribution is 2.09. The van der Waals surface area contributed by atoms with Gasteiger partial charge in [0, 0.05) is 0 Å². The zero-order valence-electron chi connectivity index (χ0n) is 7.07. The minimum atomic E-state index is -1.00. The van der Waals surface area contributed by atoms with Crippen LogP contribution in [0.15, 0.2) is 0 Å². The van der Waals surface area contributed by atoms with Crippen LogP contribution in [0.25, 0.3) is 0 Å². The Balaban J connectivity index is 3.59. The van der Waals surface area contributed by atoms with Crippen molar-refractivity contribution in [1.29, 1.82) is 0 Å². The van der Waals surface area contributed by atoms with Crippen LogP contribution in [0.2, 0.25) is 19.6 Å². The lowest BCUT2D eigenvalue weighted by atomic mass is 10.3. The monoisotopic (exact) mass is 145 g/mol. The Morgan fingerprint density at radius 1 is 1.33 bits per heavy atom. The summed E-state index contributed by atoms with van der Waals surface area (Å²) in [7, 11) is -1.00. The SMILES string of the molecule is CCCC(N)[Si](C)(C)C. The third kappa shape index (κ3) is 3.70. The van der Waals surface area contributed by atoms with Gasteiger partial charge in [-0.1, -0.05) is 33.0 Å². The molecule has 0 aliphatic rings. The molecule has 0 radical (unpaired) electrons. The normalized spacial score (nSPS) is 15.7. The lowest BCUT2D eigenvalue weighted by molar-refractivity contribution is 0.732. The van der Waals surface area contributed by atoms with Gasteiger partial charge in [0.1, 0.15) is 0 Å². The number of hydrogen-bond acceptors (Lipinski definition) is 1. The van der Waals surface area contributed by atoms with Crippen LogP contribution in [0.1, 0.15) is 19.8 Å². The molecule has 1 atom stereocenters. The van der Waals surface area contributed by atoms with Gasteiger partial charge in [-0.2, -0.15) is 0 Å². The van der Waals surface area contributed by atoms with E-state index < -0.39 is 8.07 Å². The summed E-state index contributed by atoms with van der Waals surface area (Å²) in [5, 5.41) is 0. The molecule has 0 saturated carbocycles. The second-order valence-corrected chi connectivity index (χ2v) is 9.23. The van der Waals surface area contributed by atoms with Crippen LogP contribution in [-0.2, 0) is 0 Å². The van der Waals surface area contributed by atoms with E-state index in [-0.39, 0.29) is 0 Å². The van der Waals surface area contributed by atoms with Gasteiger partial charge in [-0.15, -0.1) is 0 Å². The zero-order chi connectivity index (χ0) is 7.49. The summed E-state index contributed by atoms with van der Waals surface area (Å²) < 4.78 is 0. The molecule has 0 aromatic heterocycles. The van der Waals surface area contributed by atoms with Crippen molar-refractivity contribution in [3.63, 3.8) is 0 Å². The standard InChI is InChI=1S/C7H19NSi/c1-5-6-7(8)9(2,3)4/h7H,5-6,8H2,1-4H3. The summed E-state index contributed by atoms with van der Waals surface area (Å²) in [6.45, 7) is 9.17. The second-order valence-electron chi connectivity index (χ2n) is 3.76. The smallest absolute Gasteiger partial charge is 0.0632 e. The van der Waals surface area contributed by atoms with E-state index in [4.69, 9.17) is 5.73 Å². The van der Waals surface area contributed by atoms with Crippen LogP contribution in [0.4, 0.5) is 0 Å². The topological polar surface area (TPSA) is 26.0 Å². The minimum Gasteiger partial charge on any atom is -0.330 e. The summed E-state index contributed by atoms with van der Waals surface area (Å²) in [4.78, 5) is 0. The maximum absolute atomic E-state index is 5.92. The van der Waals surface area contributed by atoms with Crippen molar-refractivity contribution in [1.82, 2.24) is 0 Å². The molecule has 0 aromatic rings. The van der Waals surface area contributed by atoms with Crippen molar-refractivity contribution in [2.75, 3.05) is 0 Å². The number of nitrogens with two attached hydrogens (primary N) is 1. The number of hydrogen-bond donors (Lipinski definition) is 1. The van der Waals surface area contributed by atoms with Crippen LogP contribution >= 0.6 is 0 Å². The van der Waals surface area contributed by atoms with E-state index in [0.29, 0.717) is 5.67 Å². The zero-order valence-corrected chi connectivity index (χ0v) is 8.07. The van der Waals surface area contributed by atoms with Crippen molar-refractivity contribution in [3.8, 4) is 0 Å². The lowest BCUT2D eigenvalue weighted by Crippen LogP contribution is -2.44. The van der Waals surface area contributed by atoms with Crippen molar-refractivity contribution >= 4 is 8.07 Å². The molecule has 9 heavy (non-hydrogen) atoms. The average Bonchev–Trinajstić information content (AvgIpc) is 1.64. The molecule has 0 heterocycles. The van der Waals surface area contributed by atoms with Crippen LogP contribution in [0.5, 0.6) is 0 Å². The van der Waals surface area contributed by atoms with Crippen LogP contribution in [-0.4, -0.2) is 13.7 Å². The average molecular weight is 145 g/mol. The fourth-order valence-corrected chi connectivity index (χ4v) is 1.90. The maximum atomic E-state index is 5.92. The number of rotatable bonds is 3. The summed E-state index contributed by atoms with van der Waals surface area (Å²) in [5.74, 6) is 0. The van der Waals surface area contributed by atoms with Gasteiger partial charge >= 0.3 is 0 Å². The highest BCUT2D eigenvalue weighted by Gasteiger charge is 2.21.